The zero-order chi connectivity index (χ0) is 9.15. The van der Waals surface area contributed by atoms with E-state index in [0.717, 1.165) is 25.3 Å². The fraction of sp³-hybridized carbons (Fsp3) is 0.500. The Bertz CT molecular complexity index is 265. The molecule has 70 valence electrons. The first-order chi connectivity index (χ1) is 6.31. The highest BCUT2D eigenvalue weighted by Crippen LogP contribution is 2.18. The lowest BCUT2D eigenvalue weighted by Crippen LogP contribution is -2.55. The van der Waals surface area contributed by atoms with Crippen LogP contribution in [0.3, 0.4) is 0 Å². The van der Waals surface area contributed by atoms with Crippen molar-refractivity contribution in [1.82, 2.24) is 15.6 Å². The fourth-order valence-electron chi connectivity index (χ4n) is 1.70. The van der Waals surface area contributed by atoms with Gasteiger partial charge in [-0.2, -0.15) is 0 Å². The van der Waals surface area contributed by atoms with E-state index in [1.165, 1.54) is 0 Å². The third-order valence-corrected chi connectivity index (χ3v) is 2.53. The minimum atomic E-state index is -0.000486. The van der Waals surface area contributed by atoms with Gasteiger partial charge in [0.05, 0.1) is 11.2 Å². The van der Waals surface area contributed by atoms with Gasteiger partial charge in [0.2, 0.25) is 0 Å². The van der Waals surface area contributed by atoms with Crippen LogP contribution in [-0.2, 0) is 5.54 Å². The van der Waals surface area contributed by atoms with Gasteiger partial charge in [0.25, 0.3) is 0 Å². The Morgan fingerprint density at radius 3 is 2.92 bits per heavy atom. The minimum absolute atomic E-state index is 0.000486. The van der Waals surface area contributed by atoms with Crippen molar-refractivity contribution in [3.63, 3.8) is 0 Å². The summed E-state index contributed by atoms with van der Waals surface area (Å²) >= 11 is 0. The van der Waals surface area contributed by atoms with Crippen LogP contribution in [-0.4, -0.2) is 24.6 Å². The predicted octanol–water partition coefficient (Wildman–Crippen LogP) is 0.490. The maximum absolute atomic E-state index is 4.37. The summed E-state index contributed by atoms with van der Waals surface area (Å²) in [5.41, 5.74) is 1.11. The summed E-state index contributed by atoms with van der Waals surface area (Å²) in [7, 11) is 0. The molecule has 1 aliphatic rings. The second-order valence-corrected chi connectivity index (χ2v) is 3.65. The summed E-state index contributed by atoms with van der Waals surface area (Å²) in [6, 6.07) is 6.05. The van der Waals surface area contributed by atoms with E-state index >= 15 is 0 Å². The van der Waals surface area contributed by atoms with E-state index in [1.54, 1.807) is 0 Å². The zero-order valence-electron chi connectivity index (χ0n) is 7.88. The number of rotatable bonds is 1. The largest absolute Gasteiger partial charge is 0.313 e. The fourth-order valence-corrected chi connectivity index (χ4v) is 1.70. The Labute approximate surface area is 78.6 Å². The Balaban J connectivity index is 2.23. The molecule has 2 heterocycles. The van der Waals surface area contributed by atoms with Crippen molar-refractivity contribution in [3.05, 3.63) is 30.1 Å². The summed E-state index contributed by atoms with van der Waals surface area (Å²) in [6.07, 6.45) is 1.84. The third-order valence-electron chi connectivity index (χ3n) is 2.53. The second kappa shape index (κ2) is 3.44. The predicted molar refractivity (Wildman–Crippen MR) is 52.5 cm³/mol. The van der Waals surface area contributed by atoms with Crippen molar-refractivity contribution < 1.29 is 0 Å². The molecular formula is C10H15N3. The van der Waals surface area contributed by atoms with E-state index in [2.05, 4.69) is 28.6 Å². The van der Waals surface area contributed by atoms with Crippen molar-refractivity contribution in [2.75, 3.05) is 19.6 Å². The molecule has 0 aromatic carbocycles. The number of piperazine rings is 1. The highest BCUT2D eigenvalue weighted by molar-refractivity contribution is 5.16. The van der Waals surface area contributed by atoms with Gasteiger partial charge in [-0.25, -0.2) is 0 Å². The van der Waals surface area contributed by atoms with Crippen LogP contribution in [0.5, 0.6) is 0 Å². The Hall–Kier alpha value is -0.930. The third kappa shape index (κ3) is 1.71. The maximum atomic E-state index is 4.37. The molecule has 0 aliphatic carbocycles. The van der Waals surface area contributed by atoms with Crippen LogP contribution < -0.4 is 10.6 Å². The average Bonchev–Trinajstić information content (AvgIpc) is 2.20. The highest BCUT2D eigenvalue weighted by Gasteiger charge is 2.28. The number of aromatic nitrogens is 1. The van der Waals surface area contributed by atoms with E-state index in [0.29, 0.717) is 0 Å². The minimum Gasteiger partial charge on any atom is -0.313 e. The lowest BCUT2D eigenvalue weighted by molar-refractivity contribution is 0.296. The topological polar surface area (TPSA) is 37.0 Å². The molecule has 0 saturated carbocycles. The molecule has 1 aliphatic heterocycles. The standard InChI is InChI=1S/C10H15N3/c1-10(8-11-6-7-13-10)9-4-2-3-5-12-9/h2-5,11,13H,6-8H2,1H3/t10-/m0/s1. The summed E-state index contributed by atoms with van der Waals surface area (Å²) in [5, 5.41) is 6.86. The Morgan fingerprint density at radius 2 is 2.31 bits per heavy atom. The van der Waals surface area contributed by atoms with Gasteiger partial charge in [-0.05, 0) is 19.1 Å². The molecule has 3 nitrogen and oxygen atoms in total. The summed E-state index contributed by atoms with van der Waals surface area (Å²) < 4.78 is 0. The van der Waals surface area contributed by atoms with Gasteiger partial charge in [0, 0.05) is 25.8 Å². The molecule has 1 aromatic rings. The van der Waals surface area contributed by atoms with Crippen LogP contribution in [0.25, 0.3) is 0 Å². The van der Waals surface area contributed by atoms with Crippen LogP contribution in [0.2, 0.25) is 0 Å². The molecule has 0 amide bonds. The van der Waals surface area contributed by atoms with Gasteiger partial charge in [-0.1, -0.05) is 6.07 Å². The van der Waals surface area contributed by atoms with Crippen LogP contribution >= 0.6 is 0 Å². The molecule has 1 aromatic heterocycles. The number of hydrogen-bond acceptors (Lipinski definition) is 3. The van der Waals surface area contributed by atoms with Crippen molar-refractivity contribution in [3.8, 4) is 0 Å². The lowest BCUT2D eigenvalue weighted by atomic mass is 9.95. The number of pyridine rings is 1. The van der Waals surface area contributed by atoms with E-state index < -0.39 is 0 Å². The Morgan fingerprint density at radius 1 is 1.38 bits per heavy atom. The molecule has 2 rings (SSSR count). The monoisotopic (exact) mass is 177 g/mol. The summed E-state index contributed by atoms with van der Waals surface area (Å²) in [5.74, 6) is 0. The molecule has 0 unspecified atom stereocenters. The maximum Gasteiger partial charge on any atom is 0.0706 e. The lowest BCUT2D eigenvalue weighted by Gasteiger charge is -2.34. The normalized spacial score (nSPS) is 28.7. The van der Waals surface area contributed by atoms with Gasteiger partial charge in [-0.3, -0.25) is 4.98 Å². The first kappa shape index (κ1) is 8.66. The van der Waals surface area contributed by atoms with Crippen molar-refractivity contribution in [2.24, 2.45) is 0 Å². The molecular weight excluding hydrogens is 162 g/mol. The first-order valence-corrected chi connectivity index (χ1v) is 4.68. The quantitative estimate of drug-likeness (QED) is 0.655. The summed E-state index contributed by atoms with van der Waals surface area (Å²) in [6.45, 7) is 5.18. The molecule has 0 spiro atoms. The van der Waals surface area contributed by atoms with E-state index in [9.17, 15) is 0 Å². The van der Waals surface area contributed by atoms with Gasteiger partial charge in [0.15, 0.2) is 0 Å². The van der Waals surface area contributed by atoms with Crippen molar-refractivity contribution >= 4 is 0 Å². The smallest absolute Gasteiger partial charge is 0.0706 e. The van der Waals surface area contributed by atoms with Crippen LogP contribution in [0.4, 0.5) is 0 Å². The number of nitrogens with one attached hydrogen (secondary N) is 2. The zero-order valence-corrected chi connectivity index (χ0v) is 7.88. The molecule has 1 fully saturated rings. The van der Waals surface area contributed by atoms with Gasteiger partial charge in [-0.15, -0.1) is 0 Å². The molecule has 0 radical (unpaired) electrons. The van der Waals surface area contributed by atoms with Gasteiger partial charge >= 0.3 is 0 Å². The van der Waals surface area contributed by atoms with Crippen LogP contribution in [0.15, 0.2) is 24.4 Å². The molecule has 1 atom stereocenters. The van der Waals surface area contributed by atoms with Gasteiger partial charge < -0.3 is 10.6 Å². The van der Waals surface area contributed by atoms with E-state index in [-0.39, 0.29) is 5.54 Å². The molecule has 3 heteroatoms. The van der Waals surface area contributed by atoms with Crippen molar-refractivity contribution in [1.29, 1.82) is 0 Å². The number of hydrogen-bond donors (Lipinski definition) is 2. The number of nitrogens with zero attached hydrogens (tertiary/aromatic N) is 1. The van der Waals surface area contributed by atoms with Crippen molar-refractivity contribution in [2.45, 2.75) is 12.5 Å². The first-order valence-electron chi connectivity index (χ1n) is 4.68. The SMILES string of the molecule is C[C@@]1(c2ccccn2)CNCCN1. The van der Waals surface area contributed by atoms with E-state index in [1.807, 2.05) is 18.3 Å². The Kier molecular flexibility index (Phi) is 2.29. The molecule has 2 N–H and O–H groups in total. The average molecular weight is 177 g/mol. The second-order valence-electron chi connectivity index (χ2n) is 3.65. The molecule has 13 heavy (non-hydrogen) atoms. The summed E-state index contributed by atoms with van der Waals surface area (Å²) in [4.78, 5) is 4.37. The van der Waals surface area contributed by atoms with E-state index in [4.69, 9.17) is 0 Å². The molecule has 1 saturated heterocycles. The van der Waals surface area contributed by atoms with Crippen LogP contribution in [0.1, 0.15) is 12.6 Å². The van der Waals surface area contributed by atoms with Crippen LogP contribution in [0, 0.1) is 0 Å². The molecule has 0 bridgehead atoms. The highest BCUT2D eigenvalue weighted by atomic mass is 15.1. The van der Waals surface area contributed by atoms with Gasteiger partial charge in [0.1, 0.15) is 0 Å².